The molecule has 2 heterocycles. The van der Waals surface area contributed by atoms with Gasteiger partial charge in [-0.3, -0.25) is 14.3 Å². The molecule has 0 radical (unpaired) electrons. The number of hydrogen-bond acceptors (Lipinski definition) is 9. The molecule has 1 fully saturated rings. The van der Waals surface area contributed by atoms with Gasteiger partial charge in [0.2, 0.25) is 0 Å². The molecule has 0 spiro atoms. The minimum absolute atomic E-state index is 0. The zero-order valence-corrected chi connectivity index (χ0v) is 20.1. The molecule has 1 aromatic rings. The summed E-state index contributed by atoms with van der Waals surface area (Å²) < 4.78 is 22.4. The molecular weight excluding hydrogens is 405 g/mol. The van der Waals surface area contributed by atoms with Crippen LogP contribution in [-0.4, -0.2) is 45.6 Å². The Bertz CT molecular complexity index is 812. The zero-order valence-electron chi connectivity index (χ0n) is 15.2. The number of ether oxygens (including phenoxy) is 1. The van der Waals surface area contributed by atoms with Crippen LogP contribution in [0.1, 0.15) is 25.1 Å². The Morgan fingerprint density at radius 3 is 2.67 bits per heavy atom. The monoisotopic (exact) mass is 422 g/mol. The van der Waals surface area contributed by atoms with Crippen LogP contribution >= 0.6 is 7.60 Å². The largest absolute Gasteiger partial charge is 1.00 e. The third-order valence-electron chi connectivity index (χ3n) is 3.70. The molecule has 11 nitrogen and oxygen atoms in total. The average Bonchev–Trinajstić information content (AvgIpc) is 2.85. The number of rotatable bonds is 7. The Morgan fingerprint density at radius 2 is 2.11 bits per heavy atom. The van der Waals surface area contributed by atoms with Gasteiger partial charge in [-0.05, 0) is 6.42 Å². The number of aromatic amines is 1. The van der Waals surface area contributed by atoms with Crippen LogP contribution in [0.4, 0.5) is 0 Å². The van der Waals surface area contributed by atoms with E-state index in [1.807, 2.05) is 0 Å². The molecule has 1 aliphatic rings. The maximum Gasteiger partial charge on any atom is 1.00 e. The number of hydrogen-bond donors (Lipinski definition) is 2. The van der Waals surface area contributed by atoms with Crippen molar-refractivity contribution in [2.45, 2.75) is 38.2 Å². The second-order valence-electron chi connectivity index (χ2n) is 5.54. The number of carbonyl (C=O) groups is 1. The quantitative estimate of drug-likeness (QED) is 0.319. The van der Waals surface area contributed by atoms with Gasteiger partial charge in [-0.1, -0.05) is 6.92 Å². The van der Waals surface area contributed by atoms with Crippen molar-refractivity contribution in [3.05, 3.63) is 32.6 Å². The van der Waals surface area contributed by atoms with Crippen LogP contribution in [0.15, 0.2) is 15.8 Å². The minimum Gasteiger partial charge on any atom is -0.778 e. The molecular formula is C13H17N2Na2O9P. The van der Waals surface area contributed by atoms with Crippen LogP contribution in [0.3, 0.4) is 0 Å². The summed E-state index contributed by atoms with van der Waals surface area (Å²) in [5.74, 6) is -1.81. The van der Waals surface area contributed by atoms with E-state index in [0.29, 0.717) is 12.0 Å². The summed E-state index contributed by atoms with van der Waals surface area (Å²) >= 11 is 0. The van der Waals surface area contributed by atoms with E-state index < -0.39 is 56.0 Å². The number of nitrogens with one attached hydrogen (secondary N) is 1. The van der Waals surface area contributed by atoms with Crippen molar-refractivity contribution in [3.63, 3.8) is 0 Å². The van der Waals surface area contributed by atoms with E-state index in [0.717, 1.165) is 4.57 Å². The van der Waals surface area contributed by atoms with E-state index in [2.05, 4.69) is 9.51 Å². The van der Waals surface area contributed by atoms with Gasteiger partial charge in [0.25, 0.3) is 5.56 Å². The van der Waals surface area contributed by atoms with Crippen LogP contribution in [0.25, 0.3) is 0 Å². The summed E-state index contributed by atoms with van der Waals surface area (Å²) in [6.07, 6.45) is -2.79. The van der Waals surface area contributed by atoms with Crippen molar-refractivity contribution in [1.82, 2.24) is 9.55 Å². The number of nitrogens with zero attached hydrogens (tertiary/aromatic N) is 1. The van der Waals surface area contributed by atoms with E-state index in [1.54, 1.807) is 6.92 Å². The number of aromatic nitrogens is 2. The zero-order chi connectivity index (χ0) is 18.8. The van der Waals surface area contributed by atoms with Crippen molar-refractivity contribution in [1.29, 1.82) is 0 Å². The summed E-state index contributed by atoms with van der Waals surface area (Å²) in [6, 6.07) is 0. The van der Waals surface area contributed by atoms with Gasteiger partial charge in [-0.2, -0.15) is 0 Å². The van der Waals surface area contributed by atoms with Crippen molar-refractivity contribution in [2.24, 2.45) is 0 Å². The first-order valence-corrected chi connectivity index (χ1v) is 9.18. The molecule has 14 heteroatoms. The molecule has 1 unspecified atom stereocenters. The van der Waals surface area contributed by atoms with Gasteiger partial charge in [0, 0.05) is 24.2 Å². The number of aliphatic hydroxyl groups is 1. The Labute approximate surface area is 198 Å². The summed E-state index contributed by atoms with van der Waals surface area (Å²) in [4.78, 5) is 47.3. The smallest absolute Gasteiger partial charge is 0.778 e. The number of H-pyrrole nitrogens is 1. The molecule has 2 N–H and O–H groups in total. The van der Waals surface area contributed by atoms with Crippen LogP contribution in [-0.2, 0) is 25.0 Å². The third-order valence-corrected chi connectivity index (χ3v) is 4.88. The van der Waals surface area contributed by atoms with Gasteiger partial charge in [0.1, 0.15) is 19.9 Å². The fourth-order valence-corrected chi connectivity index (χ4v) is 3.20. The van der Waals surface area contributed by atoms with E-state index >= 15 is 0 Å². The predicted molar refractivity (Wildman–Crippen MR) is 78.7 cm³/mol. The van der Waals surface area contributed by atoms with Gasteiger partial charge in [0.05, 0.1) is 18.9 Å². The molecule has 4 atom stereocenters. The van der Waals surface area contributed by atoms with Crippen LogP contribution in [0.5, 0.6) is 0 Å². The fraction of sp³-hybridized carbons (Fsp3) is 0.615. The van der Waals surface area contributed by atoms with E-state index in [1.165, 1.54) is 6.20 Å². The number of carboxylic acids is 1. The first-order chi connectivity index (χ1) is 11.6. The standard InChI is InChI=1S/C13H19N2O9P.2Na/c1-2-7-4-15(13(20)14-12(7)19)10-3-8(16)9(24-10)5-23-25(21,22)6-11(17)18;;/h4,8-10,16H,2-3,5-6H2,1H3,(H,17,18)(H,21,22)(H,14,19,20);;/q;2*+1/p-2/t8-,9+,10+;;/m0../s1. The molecule has 0 saturated carbocycles. The normalized spacial score (nSPS) is 23.7. The van der Waals surface area contributed by atoms with Crippen LogP contribution in [0.2, 0.25) is 0 Å². The number of aliphatic hydroxyl groups excluding tert-OH is 1. The third kappa shape index (κ3) is 7.52. The Balaban J connectivity index is 0.00000338. The van der Waals surface area contributed by atoms with E-state index in [-0.39, 0.29) is 65.5 Å². The number of carbonyl (C=O) groups excluding carboxylic acids is 1. The van der Waals surface area contributed by atoms with Gasteiger partial charge in [0.15, 0.2) is 0 Å². The second kappa shape index (κ2) is 11.4. The minimum atomic E-state index is -4.67. The molecule has 0 aliphatic carbocycles. The average molecular weight is 422 g/mol. The summed E-state index contributed by atoms with van der Waals surface area (Å²) in [5, 5.41) is 20.3. The van der Waals surface area contributed by atoms with Gasteiger partial charge in [-0.25, -0.2) is 4.79 Å². The maximum absolute atomic E-state index is 11.9. The number of aliphatic carboxylic acids is 1. The van der Waals surface area contributed by atoms with Gasteiger partial charge < -0.3 is 33.7 Å². The van der Waals surface area contributed by atoms with Crippen LogP contribution < -0.4 is 80.4 Å². The molecule has 1 aromatic heterocycles. The van der Waals surface area contributed by atoms with Crippen molar-refractivity contribution < 1.29 is 92.8 Å². The molecule has 1 aliphatic heterocycles. The Hall–Kier alpha value is 0.220. The SMILES string of the molecule is CCc1cn([C@H]2C[C@H](O)[C@@H](COP(=O)([O-])CC(=O)[O-])O2)c(=O)[nH]c1=O.[Na+].[Na+]. The van der Waals surface area contributed by atoms with E-state index in [4.69, 9.17) is 4.74 Å². The van der Waals surface area contributed by atoms with Crippen LogP contribution in [0, 0.1) is 0 Å². The van der Waals surface area contributed by atoms with Gasteiger partial charge >= 0.3 is 64.8 Å². The van der Waals surface area contributed by atoms with Gasteiger partial charge in [-0.15, -0.1) is 0 Å². The number of aryl methyl sites for hydroxylation is 1. The summed E-state index contributed by atoms with van der Waals surface area (Å²) in [5.41, 5.74) is -0.903. The number of carboxylic acid groups (broad SMARTS) is 1. The summed E-state index contributed by atoms with van der Waals surface area (Å²) in [7, 11) is -4.67. The fourth-order valence-electron chi connectivity index (χ4n) is 2.42. The maximum atomic E-state index is 11.9. The molecule has 2 rings (SSSR count). The molecule has 0 amide bonds. The molecule has 140 valence electrons. The summed E-state index contributed by atoms with van der Waals surface area (Å²) in [6.45, 7) is 1.12. The topological polar surface area (TPSA) is 174 Å². The molecule has 27 heavy (non-hydrogen) atoms. The van der Waals surface area contributed by atoms with E-state index in [9.17, 15) is 34.1 Å². The predicted octanol–water partition coefficient (Wildman–Crippen LogP) is -8.92. The molecule has 1 saturated heterocycles. The van der Waals surface area contributed by atoms with Crippen molar-refractivity contribution >= 4 is 13.6 Å². The molecule has 0 bridgehead atoms. The first kappa shape index (κ1) is 27.2. The first-order valence-electron chi connectivity index (χ1n) is 7.45. The Morgan fingerprint density at radius 1 is 1.48 bits per heavy atom. The molecule has 0 aromatic carbocycles. The second-order valence-corrected chi connectivity index (χ2v) is 7.34. The van der Waals surface area contributed by atoms with Crippen molar-refractivity contribution in [3.8, 4) is 0 Å². The van der Waals surface area contributed by atoms with Crippen molar-refractivity contribution in [2.75, 3.05) is 12.8 Å². The Kier molecular flexibility index (Phi) is 11.5.